The first-order chi connectivity index (χ1) is 7.56. The number of ether oxygens (including phenoxy) is 1. The maximum atomic E-state index is 12.1. The minimum Gasteiger partial charge on any atom is -0.446 e. The molecule has 2 aliphatic heterocycles. The summed E-state index contributed by atoms with van der Waals surface area (Å²) in [6.45, 7) is 7.56. The number of amides is 1. The molecule has 2 heterocycles. The molecule has 1 saturated heterocycles. The highest BCUT2D eigenvalue weighted by atomic mass is 16.6. The van der Waals surface area contributed by atoms with Crippen molar-refractivity contribution in [3.05, 3.63) is 35.6 Å². The zero-order valence-electron chi connectivity index (χ0n) is 9.32. The van der Waals surface area contributed by atoms with Crippen molar-refractivity contribution in [2.24, 2.45) is 0 Å². The van der Waals surface area contributed by atoms with E-state index >= 15 is 0 Å². The quantitative estimate of drug-likeness (QED) is 0.632. The number of Topliss-reactive ketones (excluding diaryl/α,β-unsaturated/α-hetero) is 1. The predicted octanol–water partition coefficient (Wildman–Crippen LogP) is 1.80. The lowest BCUT2D eigenvalue weighted by atomic mass is 9.90. The van der Waals surface area contributed by atoms with Gasteiger partial charge in [0.15, 0.2) is 5.78 Å². The molecule has 0 radical (unpaired) electrons. The van der Waals surface area contributed by atoms with E-state index in [9.17, 15) is 9.59 Å². The lowest BCUT2D eigenvalue weighted by molar-refractivity contribution is -0.118. The van der Waals surface area contributed by atoms with Crippen LogP contribution in [0.3, 0.4) is 0 Å². The molecular formula is C12H13NO3. The molecule has 0 aromatic carbocycles. The van der Waals surface area contributed by atoms with E-state index in [0.29, 0.717) is 11.1 Å². The Hall–Kier alpha value is -1.84. The fraction of sp³-hybridized carbons (Fsp3) is 0.333. The predicted molar refractivity (Wildman–Crippen MR) is 58.6 cm³/mol. The highest BCUT2D eigenvalue weighted by Crippen LogP contribution is 2.30. The number of fused-ring (bicyclic) bond motifs is 1. The second-order valence-electron chi connectivity index (χ2n) is 3.89. The topological polar surface area (TPSA) is 46.6 Å². The molecular weight excluding hydrogens is 206 g/mol. The van der Waals surface area contributed by atoms with Crippen LogP contribution >= 0.6 is 0 Å². The number of hydrogen-bond donors (Lipinski definition) is 0. The smallest absolute Gasteiger partial charge is 0.414 e. The first-order valence-corrected chi connectivity index (χ1v) is 5.10. The van der Waals surface area contributed by atoms with Gasteiger partial charge in [-0.1, -0.05) is 12.7 Å². The van der Waals surface area contributed by atoms with E-state index < -0.39 is 12.1 Å². The van der Waals surface area contributed by atoms with Crippen LogP contribution in [0.25, 0.3) is 0 Å². The monoisotopic (exact) mass is 219 g/mol. The number of carbonyl (C=O) groups is 2. The van der Waals surface area contributed by atoms with E-state index in [1.807, 2.05) is 6.92 Å². The number of carbonyl (C=O) groups excluding carboxylic acids is 2. The molecule has 0 spiro atoms. The number of cyclic esters (lactones) is 1. The third-order valence-corrected chi connectivity index (χ3v) is 2.79. The second kappa shape index (κ2) is 3.63. The zero-order chi connectivity index (χ0) is 11.9. The van der Waals surface area contributed by atoms with Gasteiger partial charge >= 0.3 is 6.09 Å². The molecule has 0 saturated carbocycles. The Labute approximate surface area is 93.9 Å². The summed E-state index contributed by atoms with van der Waals surface area (Å²) >= 11 is 0. The minimum atomic E-state index is -0.498. The minimum absolute atomic E-state index is 0.0751. The van der Waals surface area contributed by atoms with Gasteiger partial charge in [-0.25, -0.2) is 4.79 Å². The van der Waals surface area contributed by atoms with Gasteiger partial charge in [0.05, 0.1) is 0 Å². The van der Waals surface area contributed by atoms with E-state index in [2.05, 4.69) is 6.58 Å². The fourth-order valence-electron chi connectivity index (χ4n) is 1.94. The molecule has 0 N–H and O–H groups in total. The van der Waals surface area contributed by atoms with E-state index in [1.165, 1.54) is 4.90 Å². The molecule has 2 aliphatic rings. The number of rotatable bonds is 1. The maximum absolute atomic E-state index is 12.1. The summed E-state index contributed by atoms with van der Waals surface area (Å²) in [7, 11) is 0. The third-order valence-electron chi connectivity index (χ3n) is 2.79. The molecule has 1 amide bonds. The van der Waals surface area contributed by atoms with Crippen LogP contribution in [-0.4, -0.2) is 29.4 Å². The van der Waals surface area contributed by atoms with Crippen molar-refractivity contribution in [2.75, 3.05) is 6.61 Å². The Morgan fingerprint density at radius 3 is 2.88 bits per heavy atom. The van der Waals surface area contributed by atoms with Crippen molar-refractivity contribution in [1.82, 2.24) is 4.90 Å². The van der Waals surface area contributed by atoms with Gasteiger partial charge in [0.1, 0.15) is 12.6 Å². The lowest BCUT2D eigenvalue weighted by Gasteiger charge is -2.26. The highest BCUT2D eigenvalue weighted by molar-refractivity contribution is 6.07. The van der Waals surface area contributed by atoms with Gasteiger partial charge in [0.2, 0.25) is 0 Å². The van der Waals surface area contributed by atoms with Gasteiger partial charge in [-0.05, 0) is 19.4 Å². The summed E-state index contributed by atoms with van der Waals surface area (Å²) in [5.41, 5.74) is 2.09. The SMILES string of the molecule is C=C(C)C1=CN2C(=O)OCC2C(=O)/C1=C\C. The van der Waals surface area contributed by atoms with Crippen LogP contribution in [0.2, 0.25) is 0 Å². The van der Waals surface area contributed by atoms with Crippen LogP contribution < -0.4 is 0 Å². The molecule has 2 rings (SSSR count). The second-order valence-corrected chi connectivity index (χ2v) is 3.89. The van der Waals surface area contributed by atoms with Crippen molar-refractivity contribution in [3.63, 3.8) is 0 Å². The van der Waals surface area contributed by atoms with Gasteiger partial charge in [-0.3, -0.25) is 9.69 Å². The summed E-state index contributed by atoms with van der Waals surface area (Å²) in [5, 5.41) is 0. The van der Waals surface area contributed by atoms with Gasteiger partial charge in [0.25, 0.3) is 0 Å². The Morgan fingerprint density at radius 1 is 1.62 bits per heavy atom. The number of allylic oxidation sites excluding steroid dienone is 3. The molecule has 1 unspecified atom stereocenters. The largest absolute Gasteiger partial charge is 0.446 e. The summed E-state index contributed by atoms with van der Waals surface area (Å²) in [6, 6.07) is -0.498. The molecule has 0 aromatic rings. The van der Waals surface area contributed by atoms with Gasteiger partial charge in [0, 0.05) is 17.3 Å². The first-order valence-electron chi connectivity index (χ1n) is 5.10. The molecule has 4 heteroatoms. The number of hydrogen-bond acceptors (Lipinski definition) is 3. The number of ketones is 1. The van der Waals surface area contributed by atoms with Crippen molar-refractivity contribution in [1.29, 1.82) is 0 Å². The van der Waals surface area contributed by atoms with Crippen molar-refractivity contribution in [2.45, 2.75) is 19.9 Å². The Bertz CT molecular complexity index is 445. The number of nitrogens with zero attached hydrogens (tertiary/aromatic N) is 1. The average Bonchev–Trinajstić information content (AvgIpc) is 2.60. The van der Waals surface area contributed by atoms with E-state index in [0.717, 1.165) is 5.57 Å². The molecule has 0 bridgehead atoms. The van der Waals surface area contributed by atoms with Crippen LogP contribution in [0.4, 0.5) is 4.79 Å². The standard InChI is InChI=1S/C12H13NO3/c1-4-8-9(7(2)3)5-13-10(11(8)14)6-16-12(13)15/h4-5,10H,2,6H2,1,3H3/b8-4-. The first kappa shape index (κ1) is 10.7. The van der Waals surface area contributed by atoms with Crippen LogP contribution in [0.1, 0.15) is 13.8 Å². The third kappa shape index (κ3) is 1.38. The van der Waals surface area contributed by atoms with Crippen LogP contribution in [0.15, 0.2) is 35.6 Å². The molecule has 0 aromatic heterocycles. The lowest BCUT2D eigenvalue weighted by Crippen LogP contribution is -2.40. The van der Waals surface area contributed by atoms with Gasteiger partial charge in [-0.2, -0.15) is 0 Å². The molecule has 4 nitrogen and oxygen atoms in total. The molecule has 1 atom stereocenters. The van der Waals surface area contributed by atoms with E-state index in [1.54, 1.807) is 19.2 Å². The van der Waals surface area contributed by atoms with Gasteiger partial charge < -0.3 is 4.74 Å². The summed E-state index contributed by atoms with van der Waals surface area (Å²) in [4.78, 5) is 24.8. The molecule has 16 heavy (non-hydrogen) atoms. The van der Waals surface area contributed by atoms with E-state index in [4.69, 9.17) is 4.74 Å². The Morgan fingerprint density at radius 2 is 2.31 bits per heavy atom. The van der Waals surface area contributed by atoms with Gasteiger partial charge in [-0.15, -0.1) is 0 Å². The zero-order valence-corrected chi connectivity index (χ0v) is 9.32. The molecule has 0 aliphatic carbocycles. The fourth-order valence-corrected chi connectivity index (χ4v) is 1.94. The average molecular weight is 219 g/mol. The van der Waals surface area contributed by atoms with E-state index in [-0.39, 0.29) is 12.4 Å². The summed E-state index contributed by atoms with van der Waals surface area (Å²) in [5.74, 6) is -0.0751. The van der Waals surface area contributed by atoms with Crippen LogP contribution in [0.5, 0.6) is 0 Å². The Balaban J connectivity index is 2.52. The normalized spacial score (nSPS) is 26.6. The molecule has 84 valence electrons. The van der Waals surface area contributed by atoms with Crippen LogP contribution in [0, 0.1) is 0 Å². The van der Waals surface area contributed by atoms with Crippen molar-refractivity contribution >= 4 is 11.9 Å². The summed E-state index contributed by atoms with van der Waals surface area (Å²) < 4.78 is 4.86. The van der Waals surface area contributed by atoms with Crippen molar-refractivity contribution < 1.29 is 14.3 Å². The van der Waals surface area contributed by atoms with Crippen molar-refractivity contribution in [3.8, 4) is 0 Å². The highest BCUT2D eigenvalue weighted by Gasteiger charge is 2.42. The maximum Gasteiger partial charge on any atom is 0.414 e. The summed E-state index contributed by atoms with van der Waals surface area (Å²) in [6.07, 6.45) is 2.94. The Kier molecular flexibility index (Phi) is 2.42. The van der Waals surface area contributed by atoms with Crippen LogP contribution in [-0.2, 0) is 9.53 Å². The molecule has 1 fully saturated rings.